The average molecular weight is 279 g/mol. The van der Waals surface area contributed by atoms with Gasteiger partial charge in [-0.1, -0.05) is 0 Å². The molecule has 0 radical (unpaired) electrons. The lowest BCUT2D eigenvalue weighted by Gasteiger charge is -2.11. The van der Waals surface area contributed by atoms with Crippen molar-refractivity contribution in [3.8, 4) is 0 Å². The fourth-order valence-electron chi connectivity index (χ4n) is 3.08. The van der Waals surface area contributed by atoms with Gasteiger partial charge in [-0.2, -0.15) is 0 Å². The molecule has 2 aliphatic rings. The van der Waals surface area contributed by atoms with Gasteiger partial charge in [0.05, 0.1) is 6.26 Å². The molecular weight excluding hydrogens is 262 g/mol. The Balaban J connectivity index is 1.70. The molecule has 1 N–H and O–H groups in total. The summed E-state index contributed by atoms with van der Waals surface area (Å²) in [5, 5.41) is 0. The molecule has 1 aromatic carbocycles. The maximum atomic E-state index is 12.3. The lowest BCUT2D eigenvalue weighted by atomic mass is 9.93. The fraction of sp³-hybridized carbons (Fsp3) is 0.500. The van der Waals surface area contributed by atoms with E-state index in [9.17, 15) is 13.2 Å². The predicted octanol–water partition coefficient (Wildman–Crippen LogP) is 2.29. The molecular formula is C14H17NO3S. The Hall–Kier alpha value is -1.36. The van der Waals surface area contributed by atoms with E-state index in [1.165, 1.54) is 6.42 Å². The molecule has 1 aromatic rings. The van der Waals surface area contributed by atoms with Gasteiger partial charge < -0.3 is 0 Å². The summed E-state index contributed by atoms with van der Waals surface area (Å²) in [7, 11) is -3.26. The van der Waals surface area contributed by atoms with Crippen LogP contribution in [0.4, 0.5) is 5.69 Å². The molecule has 19 heavy (non-hydrogen) atoms. The van der Waals surface area contributed by atoms with Gasteiger partial charge in [0.1, 0.15) is 0 Å². The van der Waals surface area contributed by atoms with Gasteiger partial charge in [-0.15, -0.1) is 0 Å². The van der Waals surface area contributed by atoms with Gasteiger partial charge in [0.25, 0.3) is 0 Å². The molecule has 0 saturated heterocycles. The number of carbonyl (C=O) groups is 1. The van der Waals surface area contributed by atoms with E-state index in [-0.39, 0.29) is 11.7 Å². The molecule has 0 aliphatic heterocycles. The molecule has 2 atom stereocenters. The second kappa shape index (κ2) is 4.34. The molecule has 2 fully saturated rings. The van der Waals surface area contributed by atoms with E-state index >= 15 is 0 Å². The molecule has 102 valence electrons. The summed E-state index contributed by atoms with van der Waals surface area (Å²) in [4.78, 5) is 12.3. The van der Waals surface area contributed by atoms with Gasteiger partial charge in [-0.05, 0) is 55.4 Å². The third-order valence-corrected chi connectivity index (χ3v) is 4.69. The smallest absolute Gasteiger partial charge is 0.229 e. The molecule has 3 rings (SSSR count). The number of carbonyl (C=O) groups excluding carboxylic acids is 1. The van der Waals surface area contributed by atoms with E-state index in [1.54, 1.807) is 24.3 Å². The Bertz CT molecular complexity index is 596. The van der Waals surface area contributed by atoms with Crippen molar-refractivity contribution < 1.29 is 13.2 Å². The van der Waals surface area contributed by atoms with E-state index in [4.69, 9.17) is 0 Å². The van der Waals surface area contributed by atoms with E-state index in [0.29, 0.717) is 11.3 Å². The second-order valence-electron chi connectivity index (χ2n) is 5.74. The first-order valence-electron chi connectivity index (χ1n) is 6.54. The summed E-state index contributed by atoms with van der Waals surface area (Å²) >= 11 is 0. The summed E-state index contributed by atoms with van der Waals surface area (Å²) in [5.41, 5.74) is 1.18. The minimum atomic E-state index is -3.26. The molecule has 0 amide bonds. The van der Waals surface area contributed by atoms with Crippen LogP contribution in [0.25, 0.3) is 0 Å². The summed E-state index contributed by atoms with van der Waals surface area (Å²) in [6.07, 6.45) is 4.48. The SMILES string of the molecule is CS(=O)(=O)Nc1ccc(C(=O)C2CC3CC3C2)cc1. The third-order valence-electron chi connectivity index (χ3n) is 4.09. The first kappa shape index (κ1) is 12.7. The number of benzene rings is 1. The van der Waals surface area contributed by atoms with Crippen molar-refractivity contribution in [3.05, 3.63) is 29.8 Å². The monoisotopic (exact) mass is 279 g/mol. The van der Waals surface area contributed by atoms with Crippen molar-refractivity contribution >= 4 is 21.5 Å². The Kier molecular flexibility index (Phi) is 2.89. The van der Waals surface area contributed by atoms with Crippen molar-refractivity contribution in [1.82, 2.24) is 0 Å². The molecule has 4 nitrogen and oxygen atoms in total. The normalized spacial score (nSPS) is 28.8. The highest BCUT2D eigenvalue weighted by atomic mass is 32.2. The van der Waals surface area contributed by atoms with Crippen LogP contribution < -0.4 is 4.72 Å². The Labute approximate surface area is 113 Å². The van der Waals surface area contributed by atoms with Crippen molar-refractivity contribution in [2.75, 3.05) is 11.0 Å². The Morgan fingerprint density at radius 1 is 1.11 bits per heavy atom. The first-order valence-corrected chi connectivity index (χ1v) is 8.43. The van der Waals surface area contributed by atoms with Crippen LogP contribution in [-0.4, -0.2) is 20.5 Å². The zero-order valence-electron chi connectivity index (χ0n) is 10.8. The van der Waals surface area contributed by atoms with Crippen LogP contribution in [0, 0.1) is 17.8 Å². The van der Waals surface area contributed by atoms with E-state index < -0.39 is 10.0 Å². The van der Waals surface area contributed by atoms with Crippen LogP contribution in [0.1, 0.15) is 29.6 Å². The lowest BCUT2D eigenvalue weighted by Crippen LogP contribution is -2.13. The topological polar surface area (TPSA) is 63.2 Å². The molecule has 2 unspecified atom stereocenters. The van der Waals surface area contributed by atoms with Gasteiger partial charge in [0.2, 0.25) is 10.0 Å². The van der Waals surface area contributed by atoms with Crippen LogP contribution in [0.3, 0.4) is 0 Å². The van der Waals surface area contributed by atoms with E-state index in [0.717, 1.165) is 30.9 Å². The number of hydrogen-bond acceptors (Lipinski definition) is 3. The molecule has 0 spiro atoms. The number of rotatable bonds is 4. The molecule has 0 heterocycles. The van der Waals surface area contributed by atoms with Crippen molar-refractivity contribution in [1.29, 1.82) is 0 Å². The maximum absolute atomic E-state index is 12.3. The number of ketones is 1. The third kappa shape index (κ3) is 2.81. The van der Waals surface area contributed by atoms with Crippen molar-refractivity contribution in [3.63, 3.8) is 0 Å². The Morgan fingerprint density at radius 3 is 2.21 bits per heavy atom. The Morgan fingerprint density at radius 2 is 1.68 bits per heavy atom. The largest absolute Gasteiger partial charge is 0.294 e. The van der Waals surface area contributed by atoms with E-state index in [1.807, 2.05) is 0 Å². The van der Waals surface area contributed by atoms with Crippen LogP contribution in [-0.2, 0) is 10.0 Å². The minimum Gasteiger partial charge on any atom is -0.294 e. The van der Waals surface area contributed by atoms with Gasteiger partial charge in [0.15, 0.2) is 5.78 Å². The number of hydrogen-bond donors (Lipinski definition) is 1. The average Bonchev–Trinajstić information content (AvgIpc) is 2.94. The minimum absolute atomic E-state index is 0.178. The van der Waals surface area contributed by atoms with Gasteiger partial charge in [0, 0.05) is 17.2 Å². The number of sulfonamides is 1. The molecule has 2 saturated carbocycles. The van der Waals surface area contributed by atoms with Gasteiger partial charge >= 0.3 is 0 Å². The predicted molar refractivity (Wildman–Crippen MR) is 73.6 cm³/mol. The molecule has 0 aromatic heterocycles. The molecule has 5 heteroatoms. The number of Topliss-reactive ketones (excluding diaryl/α,β-unsaturated/α-hetero) is 1. The quantitative estimate of drug-likeness (QED) is 0.860. The van der Waals surface area contributed by atoms with Crippen LogP contribution >= 0.6 is 0 Å². The highest BCUT2D eigenvalue weighted by Crippen LogP contribution is 2.54. The van der Waals surface area contributed by atoms with Gasteiger partial charge in [-0.25, -0.2) is 8.42 Å². The zero-order chi connectivity index (χ0) is 13.6. The summed E-state index contributed by atoms with van der Waals surface area (Å²) < 4.78 is 24.6. The zero-order valence-corrected chi connectivity index (χ0v) is 11.6. The van der Waals surface area contributed by atoms with Crippen molar-refractivity contribution in [2.24, 2.45) is 17.8 Å². The number of anilines is 1. The van der Waals surface area contributed by atoms with Crippen LogP contribution in [0.5, 0.6) is 0 Å². The fourth-order valence-corrected chi connectivity index (χ4v) is 3.65. The standard InChI is InChI=1S/C14H17NO3S/c1-19(17,18)15-13-4-2-9(3-5-13)14(16)12-7-10-6-11(10)8-12/h2-5,10-12,15H,6-8H2,1H3. The highest BCUT2D eigenvalue weighted by Gasteiger charge is 2.47. The summed E-state index contributed by atoms with van der Waals surface area (Å²) in [6, 6.07) is 6.70. The maximum Gasteiger partial charge on any atom is 0.229 e. The summed E-state index contributed by atoms with van der Waals surface area (Å²) in [6.45, 7) is 0. The molecule has 2 aliphatic carbocycles. The number of nitrogens with one attached hydrogen (secondary N) is 1. The van der Waals surface area contributed by atoms with Crippen molar-refractivity contribution in [2.45, 2.75) is 19.3 Å². The molecule has 0 bridgehead atoms. The van der Waals surface area contributed by atoms with Crippen LogP contribution in [0.15, 0.2) is 24.3 Å². The van der Waals surface area contributed by atoms with Crippen LogP contribution in [0.2, 0.25) is 0 Å². The lowest BCUT2D eigenvalue weighted by molar-refractivity contribution is 0.0914. The van der Waals surface area contributed by atoms with Gasteiger partial charge in [-0.3, -0.25) is 9.52 Å². The first-order chi connectivity index (χ1) is 8.92. The highest BCUT2D eigenvalue weighted by molar-refractivity contribution is 7.92. The van der Waals surface area contributed by atoms with E-state index in [2.05, 4.69) is 4.72 Å². The number of fused-ring (bicyclic) bond motifs is 1. The summed E-state index contributed by atoms with van der Waals surface area (Å²) in [5.74, 6) is 1.97. The second-order valence-corrected chi connectivity index (χ2v) is 7.49.